The zero-order chi connectivity index (χ0) is 12.5. The molecule has 0 saturated heterocycles. The third kappa shape index (κ3) is 3.03. The van der Waals surface area contributed by atoms with Crippen LogP contribution in [0.4, 0.5) is 5.69 Å². The summed E-state index contributed by atoms with van der Waals surface area (Å²) in [6.45, 7) is 5.34. The van der Waals surface area contributed by atoms with Crippen molar-refractivity contribution in [2.75, 3.05) is 31.7 Å². The largest absolute Gasteiger partial charge is 0.486 e. The predicted octanol–water partition coefficient (Wildman–Crippen LogP) is 1.66. The van der Waals surface area contributed by atoms with Crippen LogP contribution >= 0.6 is 0 Å². The molecule has 0 unspecified atom stereocenters. The Hall–Kier alpha value is -1.42. The molecule has 1 N–H and O–H groups in total. The Bertz CT molecular complexity index is 398. The topological polar surface area (TPSA) is 41.9 Å². The molecular weight excluding hydrogens is 218 g/mol. The highest BCUT2D eigenvalue weighted by Crippen LogP contribution is 2.33. The van der Waals surface area contributed by atoms with Gasteiger partial charge in [0.05, 0.1) is 5.60 Å². The lowest BCUT2D eigenvalue weighted by Crippen LogP contribution is -2.36. The molecule has 0 amide bonds. The fourth-order valence-electron chi connectivity index (χ4n) is 1.94. The molecule has 4 heteroatoms. The number of benzene rings is 1. The molecule has 0 aromatic heterocycles. The summed E-state index contributed by atoms with van der Waals surface area (Å²) < 4.78 is 11.0. The first-order chi connectivity index (χ1) is 7.96. The van der Waals surface area contributed by atoms with Crippen LogP contribution in [-0.4, -0.2) is 37.5 Å². The van der Waals surface area contributed by atoms with E-state index < -0.39 is 5.60 Å². The van der Waals surface area contributed by atoms with Crippen molar-refractivity contribution in [3.05, 3.63) is 18.2 Å². The van der Waals surface area contributed by atoms with Gasteiger partial charge in [-0.3, -0.25) is 0 Å². The molecule has 1 aliphatic rings. The minimum atomic E-state index is -0.720. The van der Waals surface area contributed by atoms with Gasteiger partial charge in [0, 0.05) is 25.3 Å². The van der Waals surface area contributed by atoms with Crippen LogP contribution in [0, 0.1) is 0 Å². The van der Waals surface area contributed by atoms with Crippen LogP contribution in [0.5, 0.6) is 11.5 Å². The van der Waals surface area contributed by atoms with Gasteiger partial charge in [0.1, 0.15) is 13.2 Å². The molecule has 1 aliphatic heterocycles. The number of fused-ring (bicyclic) bond motifs is 1. The zero-order valence-electron chi connectivity index (χ0n) is 10.6. The van der Waals surface area contributed by atoms with Crippen LogP contribution in [0.15, 0.2) is 18.2 Å². The first-order valence-electron chi connectivity index (χ1n) is 5.79. The highest BCUT2D eigenvalue weighted by molar-refractivity contribution is 5.56. The molecule has 0 fully saturated rings. The number of aliphatic hydroxyl groups is 1. The second-order valence-electron chi connectivity index (χ2n) is 5.00. The molecule has 0 radical (unpaired) electrons. The molecule has 0 atom stereocenters. The van der Waals surface area contributed by atoms with E-state index in [1.165, 1.54) is 0 Å². The zero-order valence-corrected chi connectivity index (χ0v) is 10.6. The van der Waals surface area contributed by atoms with Gasteiger partial charge >= 0.3 is 0 Å². The first-order valence-corrected chi connectivity index (χ1v) is 5.79. The van der Waals surface area contributed by atoms with Gasteiger partial charge in [-0.15, -0.1) is 0 Å². The smallest absolute Gasteiger partial charge is 0.163 e. The normalized spacial score (nSPS) is 14.6. The van der Waals surface area contributed by atoms with Gasteiger partial charge in [-0.1, -0.05) is 0 Å². The van der Waals surface area contributed by atoms with Gasteiger partial charge in [-0.05, 0) is 26.0 Å². The summed E-state index contributed by atoms with van der Waals surface area (Å²) in [6, 6.07) is 5.82. The van der Waals surface area contributed by atoms with E-state index in [0.717, 1.165) is 17.2 Å². The van der Waals surface area contributed by atoms with Crippen LogP contribution in [0.25, 0.3) is 0 Å². The summed E-state index contributed by atoms with van der Waals surface area (Å²) in [5, 5.41) is 9.79. The summed E-state index contributed by atoms with van der Waals surface area (Å²) in [5.74, 6) is 1.56. The van der Waals surface area contributed by atoms with Gasteiger partial charge in [0.25, 0.3) is 0 Å². The molecule has 0 bridgehead atoms. The van der Waals surface area contributed by atoms with Crippen molar-refractivity contribution in [1.29, 1.82) is 0 Å². The van der Waals surface area contributed by atoms with E-state index in [1.54, 1.807) is 13.8 Å². The van der Waals surface area contributed by atoms with Gasteiger partial charge in [0.15, 0.2) is 11.5 Å². The molecule has 1 aromatic rings. The van der Waals surface area contributed by atoms with Crippen molar-refractivity contribution >= 4 is 5.69 Å². The maximum absolute atomic E-state index is 9.79. The Morgan fingerprint density at radius 2 is 1.88 bits per heavy atom. The van der Waals surface area contributed by atoms with Crippen molar-refractivity contribution in [2.45, 2.75) is 19.4 Å². The van der Waals surface area contributed by atoms with E-state index in [0.29, 0.717) is 19.8 Å². The molecule has 0 saturated carbocycles. The van der Waals surface area contributed by atoms with Gasteiger partial charge < -0.3 is 19.5 Å². The molecule has 1 aromatic carbocycles. The van der Waals surface area contributed by atoms with Crippen molar-refractivity contribution in [3.8, 4) is 11.5 Å². The highest BCUT2D eigenvalue weighted by Gasteiger charge is 2.18. The molecule has 4 nitrogen and oxygen atoms in total. The van der Waals surface area contributed by atoms with Crippen molar-refractivity contribution in [2.24, 2.45) is 0 Å². The second-order valence-corrected chi connectivity index (χ2v) is 5.00. The second kappa shape index (κ2) is 4.45. The predicted molar refractivity (Wildman–Crippen MR) is 67.0 cm³/mol. The third-order valence-electron chi connectivity index (χ3n) is 2.59. The van der Waals surface area contributed by atoms with E-state index in [-0.39, 0.29) is 0 Å². The molecule has 0 spiro atoms. The van der Waals surface area contributed by atoms with Crippen LogP contribution in [0.2, 0.25) is 0 Å². The lowest BCUT2D eigenvalue weighted by atomic mass is 10.1. The fraction of sp³-hybridized carbons (Fsp3) is 0.538. The number of likely N-dealkylation sites (N-methyl/N-ethyl adjacent to an activating group) is 1. The number of hydrogen-bond acceptors (Lipinski definition) is 4. The monoisotopic (exact) mass is 237 g/mol. The number of ether oxygens (including phenoxy) is 2. The maximum atomic E-state index is 9.79. The number of nitrogens with zero attached hydrogens (tertiary/aromatic N) is 1. The summed E-state index contributed by atoms with van der Waals surface area (Å²) in [7, 11) is 1.95. The van der Waals surface area contributed by atoms with Gasteiger partial charge in [0.2, 0.25) is 0 Å². The minimum Gasteiger partial charge on any atom is -0.486 e. The summed E-state index contributed by atoms with van der Waals surface area (Å²) in [6.07, 6.45) is 0. The van der Waals surface area contributed by atoms with E-state index in [4.69, 9.17) is 9.47 Å². The third-order valence-corrected chi connectivity index (χ3v) is 2.59. The Kier molecular flexibility index (Phi) is 3.15. The molecule has 1 heterocycles. The molecule has 17 heavy (non-hydrogen) atoms. The average molecular weight is 237 g/mol. The number of anilines is 1. The Balaban J connectivity index is 2.16. The summed E-state index contributed by atoms with van der Waals surface area (Å²) in [4.78, 5) is 2.00. The fourth-order valence-corrected chi connectivity index (χ4v) is 1.94. The van der Waals surface area contributed by atoms with Gasteiger partial charge in [-0.25, -0.2) is 0 Å². The Morgan fingerprint density at radius 1 is 1.24 bits per heavy atom. The Morgan fingerprint density at radius 3 is 2.53 bits per heavy atom. The van der Waals surface area contributed by atoms with E-state index in [2.05, 4.69) is 0 Å². The standard InChI is InChI=1S/C13H19NO3/c1-13(2,15)9-14(3)10-4-5-11-12(8-10)17-7-6-16-11/h4-5,8,15H,6-7,9H2,1-3H3. The van der Waals surface area contributed by atoms with E-state index in [9.17, 15) is 5.11 Å². The van der Waals surface area contributed by atoms with Crippen molar-refractivity contribution in [3.63, 3.8) is 0 Å². The SMILES string of the molecule is CN(CC(C)(C)O)c1ccc2c(c1)OCCO2. The quantitative estimate of drug-likeness (QED) is 0.868. The number of rotatable bonds is 3. The average Bonchev–Trinajstić information content (AvgIpc) is 2.26. The van der Waals surface area contributed by atoms with Crippen molar-refractivity contribution in [1.82, 2.24) is 0 Å². The molecule has 0 aliphatic carbocycles. The van der Waals surface area contributed by atoms with E-state index >= 15 is 0 Å². The number of hydrogen-bond donors (Lipinski definition) is 1. The summed E-state index contributed by atoms with van der Waals surface area (Å²) >= 11 is 0. The van der Waals surface area contributed by atoms with Crippen molar-refractivity contribution < 1.29 is 14.6 Å². The molecule has 2 rings (SSSR count). The highest BCUT2D eigenvalue weighted by atomic mass is 16.6. The lowest BCUT2D eigenvalue weighted by Gasteiger charge is -2.28. The summed E-state index contributed by atoms with van der Waals surface area (Å²) in [5.41, 5.74) is 0.290. The minimum absolute atomic E-state index is 0.562. The molecular formula is C13H19NO3. The van der Waals surface area contributed by atoms with E-state index in [1.807, 2.05) is 30.1 Å². The van der Waals surface area contributed by atoms with Crippen LogP contribution in [0.1, 0.15) is 13.8 Å². The van der Waals surface area contributed by atoms with Crippen LogP contribution in [-0.2, 0) is 0 Å². The Labute approximate surface area is 102 Å². The van der Waals surface area contributed by atoms with Crippen LogP contribution in [0.3, 0.4) is 0 Å². The first kappa shape index (κ1) is 12.0. The lowest BCUT2D eigenvalue weighted by molar-refractivity contribution is 0.0886. The molecule has 94 valence electrons. The van der Waals surface area contributed by atoms with Gasteiger partial charge in [-0.2, -0.15) is 0 Å². The maximum Gasteiger partial charge on any atom is 0.163 e. The van der Waals surface area contributed by atoms with Crippen LogP contribution < -0.4 is 14.4 Å².